The molecule has 13 heteroatoms. The van der Waals surface area contributed by atoms with Gasteiger partial charge in [0.15, 0.2) is 16.4 Å². The van der Waals surface area contributed by atoms with Crippen LogP contribution in [0.5, 0.6) is 5.75 Å². The van der Waals surface area contributed by atoms with Crippen molar-refractivity contribution in [2.75, 3.05) is 13.2 Å². The summed E-state index contributed by atoms with van der Waals surface area (Å²) in [6.45, 7) is 2.77. The summed E-state index contributed by atoms with van der Waals surface area (Å²) < 4.78 is 113. The maximum atomic E-state index is 13.6. The van der Waals surface area contributed by atoms with Gasteiger partial charge in [-0.15, -0.1) is 0 Å². The molecular weight excluding hydrogens is 456 g/mol. The van der Waals surface area contributed by atoms with Gasteiger partial charge in [-0.1, -0.05) is 0 Å². The van der Waals surface area contributed by atoms with Crippen LogP contribution >= 0.6 is 0 Å². The highest BCUT2D eigenvalue weighted by molar-refractivity contribution is 7.92. The molecule has 1 fully saturated rings. The Morgan fingerprint density at radius 1 is 1.13 bits per heavy atom. The molecule has 1 unspecified atom stereocenters. The molecule has 0 N–H and O–H groups in total. The summed E-state index contributed by atoms with van der Waals surface area (Å²) >= 11 is 0. The molecule has 176 valence electrons. The first-order valence-electron chi connectivity index (χ1n) is 9.06. The Hall–Kier alpha value is -2.18. The summed E-state index contributed by atoms with van der Waals surface area (Å²) in [4.78, 5) is 12.0. The normalized spacial score (nSPS) is 18.2. The van der Waals surface area contributed by atoms with Crippen molar-refractivity contribution in [1.29, 1.82) is 0 Å². The van der Waals surface area contributed by atoms with Gasteiger partial charge in [0.1, 0.15) is 16.7 Å². The Morgan fingerprint density at radius 2 is 1.74 bits per heavy atom. The Kier molecular flexibility index (Phi) is 6.79. The van der Waals surface area contributed by atoms with E-state index in [1.165, 1.54) is 0 Å². The Balaban J connectivity index is 2.44. The van der Waals surface area contributed by atoms with Crippen molar-refractivity contribution >= 4 is 15.9 Å². The van der Waals surface area contributed by atoms with Gasteiger partial charge in [-0.3, -0.25) is 4.90 Å². The zero-order chi connectivity index (χ0) is 23.8. The highest BCUT2D eigenvalue weighted by Gasteiger charge is 2.45. The molecule has 6 nitrogen and oxygen atoms in total. The van der Waals surface area contributed by atoms with Crippen molar-refractivity contribution in [2.24, 2.45) is 0 Å². The van der Waals surface area contributed by atoms with E-state index in [0.717, 1.165) is 4.90 Å². The molecule has 0 spiro atoms. The third kappa shape index (κ3) is 6.40. The minimum atomic E-state index is -5.20. The standard InChI is InChI=1S/C18H21F6NO5S/c1-16(2,3)30-15(26)25-8-4-5-14(25)31(27,28)13-7-6-11(29-10-17(19,20)21)9-12(13)18(22,23)24/h6-7,9,14H,4-5,8,10H2,1-3H3. The van der Waals surface area contributed by atoms with Gasteiger partial charge < -0.3 is 9.47 Å². The molecule has 0 saturated carbocycles. The first-order chi connectivity index (χ1) is 13.9. The predicted molar refractivity (Wildman–Crippen MR) is 96.1 cm³/mol. The predicted octanol–water partition coefficient (Wildman–Crippen LogP) is 4.78. The third-order valence-electron chi connectivity index (χ3n) is 4.15. The summed E-state index contributed by atoms with van der Waals surface area (Å²) in [6.07, 6.45) is -10.9. The second-order valence-electron chi connectivity index (χ2n) is 7.88. The average molecular weight is 477 g/mol. The van der Waals surface area contributed by atoms with Crippen LogP contribution in [0, 0.1) is 0 Å². The first-order valence-corrected chi connectivity index (χ1v) is 10.6. The SMILES string of the molecule is CC(C)(C)OC(=O)N1CCCC1S(=O)(=O)c1ccc(OCC(F)(F)F)cc1C(F)(F)F. The largest absolute Gasteiger partial charge is 0.484 e. The van der Waals surface area contributed by atoms with Crippen LogP contribution in [-0.4, -0.2) is 49.7 Å². The molecule has 0 radical (unpaired) electrons. The fraction of sp³-hybridized carbons (Fsp3) is 0.611. The molecule has 1 heterocycles. The second-order valence-corrected chi connectivity index (χ2v) is 9.95. The molecule has 1 atom stereocenters. The van der Waals surface area contributed by atoms with Crippen LogP contribution in [0.2, 0.25) is 0 Å². The number of likely N-dealkylation sites (tertiary alicyclic amines) is 1. The van der Waals surface area contributed by atoms with Crippen LogP contribution in [0.15, 0.2) is 23.1 Å². The molecule has 0 aliphatic carbocycles. The van der Waals surface area contributed by atoms with Gasteiger partial charge in [-0.2, -0.15) is 26.3 Å². The van der Waals surface area contributed by atoms with Crippen molar-refractivity contribution in [3.63, 3.8) is 0 Å². The summed E-state index contributed by atoms with van der Waals surface area (Å²) in [7, 11) is -4.74. The topological polar surface area (TPSA) is 72.9 Å². The maximum Gasteiger partial charge on any atom is 0.422 e. The summed E-state index contributed by atoms with van der Waals surface area (Å²) in [6, 6.07) is 1.45. The van der Waals surface area contributed by atoms with Crippen LogP contribution in [0.25, 0.3) is 0 Å². The number of hydrogen-bond acceptors (Lipinski definition) is 5. The molecule has 0 aromatic heterocycles. The number of carbonyl (C=O) groups is 1. The molecule has 1 aromatic carbocycles. The van der Waals surface area contributed by atoms with Gasteiger partial charge in [0, 0.05) is 6.54 Å². The number of carbonyl (C=O) groups excluding carboxylic acids is 1. The van der Waals surface area contributed by atoms with E-state index >= 15 is 0 Å². The van der Waals surface area contributed by atoms with Crippen LogP contribution in [-0.2, 0) is 20.8 Å². The van der Waals surface area contributed by atoms with E-state index in [1.807, 2.05) is 0 Å². The van der Waals surface area contributed by atoms with Crippen LogP contribution < -0.4 is 4.74 Å². The summed E-state index contributed by atoms with van der Waals surface area (Å²) in [5.41, 5.74) is -2.63. The lowest BCUT2D eigenvalue weighted by Gasteiger charge is -2.29. The van der Waals surface area contributed by atoms with E-state index in [4.69, 9.17) is 4.74 Å². The molecule has 1 aliphatic rings. The number of benzene rings is 1. The summed E-state index contributed by atoms with van der Waals surface area (Å²) in [5.74, 6) is -0.793. The number of rotatable bonds is 4. The van der Waals surface area contributed by atoms with Crippen LogP contribution in [0.4, 0.5) is 31.1 Å². The fourth-order valence-electron chi connectivity index (χ4n) is 2.97. The Labute approximate surface area is 175 Å². The zero-order valence-electron chi connectivity index (χ0n) is 16.8. The lowest BCUT2D eigenvalue weighted by molar-refractivity contribution is -0.153. The van der Waals surface area contributed by atoms with Crippen LogP contribution in [0.1, 0.15) is 39.2 Å². The number of nitrogens with zero attached hydrogens (tertiary/aromatic N) is 1. The Morgan fingerprint density at radius 3 is 2.26 bits per heavy atom. The van der Waals surface area contributed by atoms with Crippen molar-refractivity contribution in [3.05, 3.63) is 23.8 Å². The lowest BCUT2D eigenvalue weighted by Crippen LogP contribution is -2.43. The molecule has 1 amide bonds. The van der Waals surface area contributed by atoms with Gasteiger partial charge in [0.2, 0.25) is 0 Å². The van der Waals surface area contributed by atoms with Crippen molar-refractivity contribution in [2.45, 2.75) is 61.8 Å². The van der Waals surface area contributed by atoms with E-state index < -0.39 is 62.1 Å². The van der Waals surface area contributed by atoms with Gasteiger partial charge in [0.05, 0.1) is 10.5 Å². The molecule has 0 bridgehead atoms. The van der Waals surface area contributed by atoms with E-state index in [9.17, 15) is 39.6 Å². The van der Waals surface area contributed by atoms with Gasteiger partial charge >= 0.3 is 18.4 Å². The minimum Gasteiger partial charge on any atom is -0.484 e. The van der Waals surface area contributed by atoms with Gasteiger partial charge in [-0.05, 0) is 51.8 Å². The monoisotopic (exact) mass is 477 g/mol. The number of halogens is 6. The first kappa shape index (κ1) is 25.1. The second kappa shape index (κ2) is 8.40. The average Bonchev–Trinajstić information content (AvgIpc) is 3.07. The minimum absolute atomic E-state index is 0.0348. The number of amides is 1. The Bertz CT molecular complexity index is 921. The van der Waals surface area contributed by atoms with Crippen molar-refractivity contribution in [3.8, 4) is 5.75 Å². The summed E-state index contributed by atoms with van der Waals surface area (Å²) in [5, 5.41) is -1.61. The molecule has 1 saturated heterocycles. The van der Waals surface area contributed by atoms with Gasteiger partial charge in [-0.25, -0.2) is 13.2 Å². The lowest BCUT2D eigenvalue weighted by atomic mass is 10.2. The smallest absolute Gasteiger partial charge is 0.422 e. The molecule has 1 aliphatic heterocycles. The van der Waals surface area contributed by atoms with E-state index in [-0.39, 0.29) is 25.5 Å². The highest BCUT2D eigenvalue weighted by Crippen LogP contribution is 2.40. The van der Waals surface area contributed by atoms with Gasteiger partial charge in [0.25, 0.3) is 0 Å². The number of sulfone groups is 1. The van der Waals surface area contributed by atoms with Crippen LogP contribution in [0.3, 0.4) is 0 Å². The van der Waals surface area contributed by atoms with E-state index in [1.54, 1.807) is 20.8 Å². The maximum absolute atomic E-state index is 13.6. The van der Waals surface area contributed by atoms with Crippen molar-refractivity contribution in [1.82, 2.24) is 4.90 Å². The fourth-order valence-corrected chi connectivity index (χ4v) is 5.00. The molecule has 2 rings (SSSR count). The van der Waals surface area contributed by atoms with E-state index in [2.05, 4.69) is 4.74 Å². The highest BCUT2D eigenvalue weighted by atomic mass is 32.2. The van der Waals surface area contributed by atoms with Crippen molar-refractivity contribution < 1.29 is 49.0 Å². The number of hydrogen-bond donors (Lipinski definition) is 0. The number of alkyl halides is 6. The molecular formula is C18H21F6NO5S. The van der Waals surface area contributed by atoms with E-state index in [0.29, 0.717) is 12.1 Å². The zero-order valence-corrected chi connectivity index (χ0v) is 17.6. The quantitative estimate of drug-likeness (QED) is 0.584. The molecule has 1 aromatic rings. The number of ether oxygens (including phenoxy) is 2. The third-order valence-corrected chi connectivity index (χ3v) is 6.32. The molecule has 31 heavy (non-hydrogen) atoms.